The second-order valence-corrected chi connectivity index (χ2v) is 1.67. The molecule has 0 aromatic rings. The molecule has 0 aromatic heterocycles. The maximum Gasteiger partial charge on any atom is 0.0701 e. The predicted molar refractivity (Wildman–Crippen MR) is 37.7 cm³/mol. The zero-order valence-corrected chi connectivity index (χ0v) is 6.40. The van der Waals surface area contributed by atoms with Crippen molar-refractivity contribution in [3.63, 3.8) is 0 Å². The van der Waals surface area contributed by atoms with Gasteiger partial charge in [0.2, 0.25) is 0 Å². The minimum Gasteiger partial charge on any atom is -0.394 e. The van der Waals surface area contributed by atoms with Gasteiger partial charge in [0, 0.05) is 0 Å². The first-order valence-corrected chi connectivity index (χ1v) is 3.29. The lowest BCUT2D eigenvalue weighted by Gasteiger charge is -2.01. The molecule has 11 heavy (non-hydrogen) atoms. The first-order chi connectivity index (χ1) is 4.91. The van der Waals surface area contributed by atoms with E-state index in [0.717, 1.165) is 0 Å². The van der Waals surface area contributed by atoms with Gasteiger partial charge in [-0.25, -0.2) is 0 Å². The molecule has 0 aliphatic heterocycles. The van der Waals surface area contributed by atoms with Crippen LogP contribution in [0.1, 0.15) is 0 Å². The molecule has 0 aliphatic carbocycles. The maximum absolute atomic E-state index is 8.26. The molecule has 0 spiro atoms. The normalized spacial score (nSPS) is 9.27. The van der Waals surface area contributed by atoms with Crippen LogP contribution in [0.25, 0.3) is 0 Å². The summed E-state index contributed by atoms with van der Waals surface area (Å²) in [7, 11) is 0. The number of hydrogen-bond acceptors (Lipinski definition) is 4. The summed E-state index contributed by atoms with van der Waals surface area (Å²) >= 11 is 0. The number of aliphatic hydroxyl groups excluding tert-OH is 2. The monoisotopic (exact) mass is 167 g/mol. The molecule has 5 heteroatoms. The molecule has 5 nitrogen and oxygen atoms in total. The van der Waals surface area contributed by atoms with Crippen LogP contribution in [-0.4, -0.2) is 55.3 Å². The number of aliphatic hydroxyl groups is 2. The summed E-state index contributed by atoms with van der Waals surface area (Å²) in [5.74, 6) is 0. The fraction of sp³-hybridized carbons (Fsp3) is 1.00. The summed E-state index contributed by atoms with van der Waals surface area (Å²) in [5, 5.41) is 16.5. The first-order valence-electron chi connectivity index (χ1n) is 3.29. The van der Waals surface area contributed by atoms with E-state index in [0.29, 0.717) is 26.4 Å². The van der Waals surface area contributed by atoms with E-state index in [1.165, 1.54) is 0 Å². The van der Waals surface area contributed by atoms with Crippen LogP contribution in [0.4, 0.5) is 0 Å². The lowest BCUT2D eigenvalue weighted by atomic mass is 10.7. The Bertz CT molecular complexity index is 50.9. The van der Waals surface area contributed by atoms with Crippen LogP contribution >= 0.6 is 0 Å². The van der Waals surface area contributed by atoms with Gasteiger partial charge in [-0.05, 0) is 0 Å². The van der Waals surface area contributed by atoms with Gasteiger partial charge in [-0.2, -0.15) is 0 Å². The highest BCUT2D eigenvalue weighted by atomic mass is 16.5. The van der Waals surface area contributed by atoms with Crippen molar-refractivity contribution in [3.05, 3.63) is 0 Å². The molecule has 0 saturated heterocycles. The molecular formula is C6H15O5. The highest BCUT2D eigenvalue weighted by Gasteiger charge is 1.86. The Labute approximate surface area is 65.9 Å². The van der Waals surface area contributed by atoms with Gasteiger partial charge >= 0.3 is 0 Å². The summed E-state index contributed by atoms with van der Waals surface area (Å²) in [5.41, 5.74) is 0. The van der Waals surface area contributed by atoms with Crippen molar-refractivity contribution in [2.75, 3.05) is 39.6 Å². The van der Waals surface area contributed by atoms with Crippen LogP contribution in [0, 0.1) is 0 Å². The van der Waals surface area contributed by atoms with Gasteiger partial charge in [-0.1, -0.05) is 0 Å². The largest absolute Gasteiger partial charge is 0.394 e. The van der Waals surface area contributed by atoms with Crippen molar-refractivity contribution in [3.8, 4) is 0 Å². The van der Waals surface area contributed by atoms with Crippen molar-refractivity contribution >= 4 is 0 Å². The Hall–Kier alpha value is -0.200. The predicted octanol–water partition coefficient (Wildman–Crippen LogP) is -1.17. The summed E-state index contributed by atoms with van der Waals surface area (Å²) in [6.07, 6.45) is 0. The van der Waals surface area contributed by atoms with Crippen LogP contribution in [0.2, 0.25) is 0 Å². The maximum atomic E-state index is 8.26. The molecule has 3 N–H and O–H groups in total. The minimum atomic E-state index is 0. The fourth-order valence-electron chi connectivity index (χ4n) is 0.451. The van der Waals surface area contributed by atoms with E-state index in [1.54, 1.807) is 0 Å². The first kappa shape index (κ1) is 13.4. The van der Waals surface area contributed by atoms with Gasteiger partial charge < -0.3 is 19.7 Å². The van der Waals surface area contributed by atoms with E-state index >= 15 is 0 Å². The second-order valence-electron chi connectivity index (χ2n) is 1.67. The van der Waals surface area contributed by atoms with Crippen molar-refractivity contribution in [2.45, 2.75) is 0 Å². The molecule has 0 fully saturated rings. The van der Waals surface area contributed by atoms with Gasteiger partial charge in [0.05, 0.1) is 39.6 Å². The van der Waals surface area contributed by atoms with Crippen LogP contribution in [0.15, 0.2) is 0 Å². The molecule has 0 unspecified atom stereocenters. The molecular weight excluding hydrogens is 152 g/mol. The third-order valence-electron chi connectivity index (χ3n) is 0.843. The van der Waals surface area contributed by atoms with Crippen LogP contribution in [0.5, 0.6) is 0 Å². The Morgan fingerprint density at radius 1 is 0.727 bits per heavy atom. The third kappa shape index (κ3) is 12.9. The lowest BCUT2D eigenvalue weighted by Crippen LogP contribution is -2.09. The third-order valence-corrected chi connectivity index (χ3v) is 0.843. The molecule has 1 radical (unpaired) electrons. The molecule has 69 valence electrons. The van der Waals surface area contributed by atoms with Gasteiger partial charge in [0.25, 0.3) is 0 Å². The van der Waals surface area contributed by atoms with Crippen LogP contribution < -0.4 is 0 Å². The van der Waals surface area contributed by atoms with E-state index in [1.807, 2.05) is 0 Å². The van der Waals surface area contributed by atoms with Gasteiger partial charge in [-0.15, -0.1) is 0 Å². The average Bonchev–Trinajstić information content (AvgIpc) is 1.97. The van der Waals surface area contributed by atoms with E-state index in [9.17, 15) is 0 Å². The highest BCUT2D eigenvalue weighted by molar-refractivity contribution is 4.30. The van der Waals surface area contributed by atoms with E-state index < -0.39 is 0 Å². The average molecular weight is 167 g/mol. The second kappa shape index (κ2) is 12.5. The van der Waals surface area contributed by atoms with Gasteiger partial charge in [0.15, 0.2) is 0 Å². The topological polar surface area (TPSA) is 88.9 Å². The van der Waals surface area contributed by atoms with Crippen molar-refractivity contribution in [2.24, 2.45) is 0 Å². The zero-order chi connectivity index (χ0) is 7.66. The molecule has 0 amide bonds. The molecule has 0 bridgehead atoms. The van der Waals surface area contributed by atoms with E-state index in [2.05, 4.69) is 0 Å². The minimum absolute atomic E-state index is 0. The summed E-state index contributed by atoms with van der Waals surface area (Å²) in [4.78, 5) is 0. The molecule has 0 heterocycles. The summed E-state index contributed by atoms with van der Waals surface area (Å²) in [6, 6.07) is 0. The van der Waals surface area contributed by atoms with E-state index in [-0.39, 0.29) is 18.7 Å². The lowest BCUT2D eigenvalue weighted by molar-refractivity contribution is 0.0222. The van der Waals surface area contributed by atoms with Gasteiger partial charge in [0.1, 0.15) is 0 Å². The SMILES string of the molecule is OCCOCCOCCO.[OH]. The van der Waals surface area contributed by atoms with Crippen molar-refractivity contribution in [1.82, 2.24) is 0 Å². The van der Waals surface area contributed by atoms with E-state index in [4.69, 9.17) is 19.7 Å². The van der Waals surface area contributed by atoms with Crippen LogP contribution in [0.3, 0.4) is 0 Å². The quantitative estimate of drug-likeness (QED) is 0.417. The highest BCUT2D eigenvalue weighted by Crippen LogP contribution is 1.76. The molecule has 0 atom stereocenters. The molecule has 0 rings (SSSR count). The summed E-state index contributed by atoms with van der Waals surface area (Å²) < 4.78 is 9.75. The van der Waals surface area contributed by atoms with Crippen molar-refractivity contribution < 1.29 is 25.2 Å². The Kier molecular flexibility index (Phi) is 15.2. The van der Waals surface area contributed by atoms with Gasteiger partial charge in [-0.3, -0.25) is 5.48 Å². The molecule has 0 aliphatic rings. The van der Waals surface area contributed by atoms with Crippen LogP contribution in [-0.2, 0) is 9.47 Å². The number of rotatable bonds is 7. The zero-order valence-electron chi connectivity index (χ0n) is 6.40. The summed E-state index contributed by atoms with van der Waals surface area (Å²) in [6.45, 7) is 1.73. The Morgan fingerprint density at radius 2 is 1.09 bits per heavy atom. The Morgan fingerprint density at radius 3 is 1.36 bits per heavy atom. The Balaban J connectivity index is 0. The smallest absolute Gasteiger partial charge is 0.0701 e. The van der Waals surface area contributed by atoms with Crippen molar-refractivity contribution in [1.29, 1.82) is 0 Å². The fourth-order valence-corrected chi connectivity index (χ4v) is 0.451. The standard InChI is InChI=1S/C6H14O4.HO/c7-1-3-9-5-6-10-4-2-8;/h7-8H,1-6H2;1H. The molecule has 0 saturated carbocycles. The number of ether oxygens (including phenoxy) is 2. The number of hydrogen-bond donors (Lipinski definition) is 3. The molecule has 0 aromatic carbocycles.